The second-order valence-corrected chi connectivity index (χ2v) is 7.12. The summed E-state index contributed by atoms with van der Waals surface area (Å²) in [4.78, 5) is 7.21. The summed E-state index contributed by atoms with van der Waals surface area (Å²) < 4.78 is 25.2. The van der Waals surface area contributed by atoms with Crippen LogP contribution in [0.5, 0.6) is 12.0 Å². The molecule has 14 heteroatoms. The Morgan fingerprint density at radius 3 is 1.95 bits per heavy atom. The van der Waals surface area contributed by atoms with Crippen molar-refractivity contribution < 1.29 is 18.1 Å². The standard InChI is InChI=1S/C6H6Cl3N6O4P/c7-6(8,9)1-17-20(16,18-4-10-2-12-14-4)19-5-11-3-13-15-5/h2-3H,1H2,(H,10,12,14)(H,11,13,15). The van der Waals surface area contributed by atoms with Crippen molar-refractivity contribution in [1.29, 1.82) is 0 Å². The molecule has 0 amide bonds. The average molecular weight is 363 g/mol. The maximum Gasteiger partial charge on any atom is 0.592 e. The van der Waals surface area contributed by atoms with E-state index in [-0.39, 0.29) is 12.0 Å². The van der Waals surface area contributed by atoms with Crippen LogP contribution in [0.1, 0.15) is 0 Å². The number of phosphoric acid groups is 1. The molecule has 0 aromatic carbocycles. The molecule has 0 spiro atoms. The molecular formula is C6H6Cl3N6O4P. The number of alkyl halides is 3. The molecular weight excluding hydrogens is 357 g/mol. The van der Waals surface area contributed by atoms with Crippen LogP contribution in [0.3, 0.4) is 0 Å². The molecule has 0 unspecified atom stereocenters. The number of phosphoric ester groups is 1. The van der Waals surface area contributed by atoms with E-state index in [1.165, 1.54) is 12.7 Å². The van der Waals surface area contributed by atoms with Crippen molar-refractivity contribution in [3.8, 4) is 12.0 Å². The van der Waals surface area contributed by atoms with Gasteiger partial charge in [-0.1, -0.05) is 34.8 Å². The van der Waals surface area contributed by atoms with Gasteiger partial charge in [0.05, 0.1) is 0 Å². The second kappa shape index (κ2) is 6.15. The van der Waals surface area contributed by atoms with Crippen molar-refractivity contribution in [2.45, 2.75) is 3.79 Å². The van der Waals surface area contributed by atoms with Crippen molar-refractivity contribution in [1.82, 2.24) is 30.4 Å². The van der Waals surface area contributed by atoms with Crippen molar-refractivity contribution in [2.75, 3.05) is 6.61 Å². The molecule has 0 saturated carbocycles. The number of aromatic nitrogens is 6. The number of hydrogen-bond donors (Lipinski definition) is 2. The van der Waals surface area contributed by atoms with Crippen molar-refractivity contribution in [3.63, 3.8) is 0 Å². The molecule has 0 atom stereocenters. The zero-order valence-corrected chi connectivity index (χ0v) is 12.5. The van der Waals surface area contributed by atoms with E-state index in [9.17, 15) is 4.57 Å². The van der Waals surface area contributed by atoms with E-state index >= 15 is 0 Å². The molecule has 10 nitrogen and oxygen atoms in total. The van der Waals surface area contributed by atoms with Gasteiger partial charge in [-0.2, -0.15) is 9.97 Å². The van der Waals surface area contributed by atoms with Crippen molar-refractivity contribution in [2.24, 2.45) is 0 Å². The van der Waals surface area contributed by atoms with Crippen LogP contribution in [0.4, 0.5) is 0 Å². The number of aromatic amines is 2. The van der Waals surface area contributed by atoms with Gasteiger partial charge in [-0.3, -0.25) is 14.7 Å². The van der Waals surface area contributed by atoms with Gasteiger partial charge >= 0.3 is 19.8 Å². The lowest BCUT2D eigenvalue weighted by Gasteiger charge is -2.17. The first-order chi connectivity index (χ1) is 9.36. The minimum absolute atomic E-state index is 0.284. The van der Waals surface area contributed by atoms with Gasteiger partial charge < -0.3 is 9.05 Å². The number of nitrogens with one attached hydrogen (secondary N) is 2. The Kier molecular flexibility index (Phi) is 4.71. The lowest BCUT2D eigenvalue weighted by molar-refractivity contribution is 0.205. The Morgan fingerprint density at radius 1 is 1.10 bits per heavy atom. The van der Waals surface area contributed by atoms with E-state index in [0.717, 1.165) is 0 Å². The highest BCUT2D eigenvalue weighted by atomic mass is 35.6. The third-order valence-corrected chi connectivity index (χ3v) is 3.11. The third kappa shape index (κ3) is 4.80. The summed E-state index contributed by atoms with van der Waals surface area (Å²) in [5.74, 6) is 0. The molecule has 0 saturated heterocycles. The Morgan fingerprint density at radius 2 is 1.60 bits per heavy atom. The molecule has 2 heterocycles. The monoisotopic (exact) mass is 362 g/mol. The van der Waals surface area contributed by atoms with Crippen LogP contribution in [0.15, 0.2) is 12.7 Å². The summed E-state index contributed by atoms with van der Waals surface area (Å²) >= 11 is 16.5. The van der Waals surface area contributed by atoms with Crippen molar-refractivity contribution >= 4 is 42.6 Å². The summed E-state index contributed by atoms with van der Waals surface area (Å²) in [5, 5.41) is 11.8. The Balaban J connectivity index is 2.11. The normalized spacial score (nSPS) is 12.3. The van der Waals surface area contributed by atoms with Crippen molar-refractivity contribution in [3.05, 3.63) is 12.7 Å². The first-order valence-electron chi connectivity index (χ1n) is 4.78. The maximum absolute atomic E-state index is 12.4. The number of halogens is 3. The second-order valence-electron chi connectivity index (χ2n) is 3.08. The predicted molar refractivity (Wildman–Crippen MR) is 67.9 cm³/mol. The van der Waals surface area contributed by atoms with Crippen LogP contribution in [-0.4, -0.2) is 40.8 Å². The summed E-state index contributed by atoms with van der Waals surface area (Å²) in [6.45, 7) is -0.566. The minimum Gasteiger partial charge on any atom is -0.358 e. The van der Waals surface area contributed by atoms with Crippen LogP contribution in [0.25, 0.3) is 0 Å². The van der Waals surface area contributed by atoms with Crippen LogP contribution in [-0.2, 0) is 9.09 Å². The molecule has 20 heavy (non-hydrogen) atoms. The predicted octanol–water partition coefficient (Wildman–Crippen LogP) is 1.88. The number of rotatable bonds is 6. The molecule has 0 aliphatic heterocycles. The lowest BCUT2D eigenvalue weighted by Crippen LogP contribution is -2.16. The zero-order valence-electron chi connectivity index (χ0n) is 9.36. The first kappa shape index (κ1) is 15.3. The number of H-pyrrole nitrogens is 2. The highest BCUT2D eigenvalue weighted by Crippen LogP contribution is 2.49. The van der Waals surface area contributed by atoms with Crippen LogP contribution >= 0.6 is 42.6 Å². The molecule has 2 rings (SSSR count). The summed E-state index contributed by atoms with van der Waals surface area (Å²) in [6.07, 6.45) is 2.39. The molecule has 2 aromatic rings. The molecule has 2 aromatic heterocycles. The van der Waals surface area contributed by atoms with Gasteiger partial charge in [-0.25, -0.2) is 4.57 Å². The average Bonchev–Trinajstić information content (AvgIpc) is 2.99. The Labute approximate surface area is 126 Å². The molecule has 0 bridgehead atoms. The minimum atomic E-state index is -4.24. The topological polar surface area (TPSA) is 128 Å². The summed E-state index contributed by atoms with van der Waals surface area (Å²) in [5.41, 5.74) is 0. The van der Waals surface area contributed by atoms with Gasteiger partial charge in [0.15, 0.2) is 0 Å². The quantitative estimate of drug-likeness (QED) is 0.588. The van der Waals surface area contributed by atoms with Gasteiger partial charge in [0, 0.05) is 0 Å². The number of hydrogen-bond acceptors (Lipinski definition) is 8. The lowest BCUT2D eigenvalue weighted by atomic mass is 10.9. The van der Waals surface area contributed by atoms with Gasteiger partial charge in [0.25, 0.3) is 0 Å². The van der Waals surface area contributed by atoms with E-state index in [1.54, 1.807) is 0 Å². The maximum atomic E-state index is 12.4. The largest absolute Gasteiger partial charge is 0.592 e. The summed E-state index contributed by atoms with van der Waals surface area (Å²) in [6, 6.07) is -0.568. The highest BCUT2D eigenvalue weighted by Gasteiger charge is 2.37. The fourth-order valence-corrected chi connectivity index (χ4v) is 2.37. The molecule has 2 N–H and O–H groups in total. The molecule has 0 aliphatic rings. The van der Waals surface area contributed by atoms with Gasteiger partial charge in [-0.05, 0) is 0 Å². The van der Waals surface area contributed by atoms with Gasteiger partial charge in [0.1, 0.15) is 19.3 Å². The van der Waals surface area contributed by atoms with Crippen LogP contribution < -0.4 is 9.05 Å². The van der Waals surface area contributed by atoms with Gasteiger partial charge in [0.2, 0.25) is 3.79 Å². The fraction of sp³-hybridized carbons (Fsp3) is 0.333. The van der Waals surface area contributed by atoms with E-state index < -0.39 is 18.2 Å². The van der Waals surface area contributed by atoms with Crippen LogP contribution in [0.2, 0.25) is 0 Å². The molecule has 0 radical (unpaired) electrons. The Bertz CT molecular complexity index is 532. The summed E-state index contributed by atoms with van der Waals surface area (Å²) in [7, 11) is -4.24. The fourth-order valence-electron chi connectivity index (χ4n) is 0.906. The van der Waals surface area contributed by atoms with E-state index in [4.69, 9.17) is 48.4 Å². The Hall–Kier alpha value is -1.06. The first-order valence-corrected chi connectivity index (χ1v) is 7.38. The number of nitrogens with zero attached hydrogens (tertiary/aromatic N) is 4. The van der Waals surface area contributed by atoms with E-state index in [1.807, 2.05) is 0 Å². The SMILES string of the molecule is O=P(OCC(Cl)(Cl)Cl)(Oc1nc[nH]n1)Oc1nc[nH]n1. The highest BCUT2D eigenvalue weighted by molar-refractivity contribution is 7.49. The van der Waals surface area contributed by atoms with E-state index in [0.29, 0.717) is 0 Å². The van der Waals surface area contributed by atoms with E-state index in [2.05, 4.69) is 30.4 Å². The zero-order chi connectivity index (χ0) is 14.6. The van der Waals surface area contributed by atoms with Gasteiger partial charge in [-0.15, -0.1) is 10.2 Å². The molecule has 0 fully saturated rings. The third-order valence-electron chi connectivity index (χ3n) is 1.56. The molecule has 110 valence electrons. The smallest absolute Gasteiger partial charge is 0.358 e. The molecule has 0 aliphatic carbocycles. The van der Waals surface area contributed by atoms with Crippen LogP contribution in [0, 0.1) is 0 Å².